The summed E-state index contributed by atoms with van der Waals surface area (Å²) in [4.78, 5) is 15.1. The van der Waals surface area contributed by atoms with E-state index >= 15 is 0 Å². The van der Waals surface area contributed by atoms with Gasteiger partial charge in [-0.15, -0.1) is 0 Å². The van der Waals surface area contributed by atoms with Crippen molar-refractivity contribution >= 4 is 6.03 Å². The first kappa shape index (κ1) is 18.4. The molecule has 0 radical (unpaired) electrons. The summed E-state index contributed by atoms with van der Waals surface area (Å²) in [6, 6.07) is 6.07. The minimum atomic E-state index is -0.0101. The van der Waals surface area contributed by atoms with Crippen molar-refractivity contribution in [3.63, 3.8) is 0 Å². The van der Waals surface area contributed by atoms with Crippen LogP contribution in [0, 0.1) is 11.3 Å². The number of fused-ring (bicyclic) bond motifs is 1. The number of benzene rings is 1. The van der Waals surface area contributed by atoms with Crippen LogP contribution in [0.5, 0.6) is 11.5 Å². The van der Waals surface area contributed by atoms with Crippen LogP contribution in [0.25, 0.3) is 0 Å². The maximum Gasteiger partial charge on any atom is 0.318 e. The average Bonchev–Trinajstić information content (AvgIpc) is 3.33. The van der Waals surface area contributed by atoms with Crippen LogP contribution >= 0.6 is 0 Å². The summed E-state index contributed by atoms with van der Waals surface area (Å²) in [7, 11) is 3.30. The summed E-state index contributed by atoms with van der Waals surface area (Å²) < 4.78 is 16.7. The second-order valence-corrected chi connectivity index (χ2v) is 8.45. The van der Waals surface area contributed by atoms with Gasteiger partial charge in [-0.2, -0.15) is 0 Å². The van der Waals surface area contributed by atoms with Crippen LogP contribution in [0.3, 0.4) is 0 Å². The molecule has 1 N–H and O–H groups in total. The van der Waals surface area contributed by atoms with Gasteiger partial charge in [0.25, 0.3) is 0 Å². The van der Waals surface area contributed by atoms with Gasteiger partial charge in [0, 0.05) is 42.2 Å². The molecule has 0 aromatic heterocycles. The SMILES string of the molecule is COc1ccc([C@@H]2CCCN2C(=O)N[C@@H]2[C@H]3CCO[C@@H]3C2(C)C)c(OC)c1. The molecule has 4 atom stereocenters. The number of carbonyl (C=O) groups is 1. The van der Waals surface area contributed by atoms with Gasteiger partial charge >= 0.3 is 6.03 Å². The van der Waals surface area contributed by atoms with Crippen LogP contribution in [-0.2, 0) is 4.74 Å². The van der Waals surface area contributed by atoms with E-state index in [1.165, 1.54) is 0 Å². The molecular weight excluding hydrogens is 344 g/mol. The lowest BCUT2D eigenvalue weighted by molar-refractivity contribution is -0.109. The average molecular weight is 374 g/mol. The third-order valence-corrected chi connectivity index (χ3v) is 6.69. The summed E-state index contributed by atoms with van der Waals surface area (Å²) in [5, 5.41) is 3.32. The van der Waals surface area contributed by atoms with Gasteiger partial charge in [0.05, 0.1) is 26.4 Å². The summed E-state index contributed by atoms with van der Waals surface area (Å²) in [6.07, 6.45) is 3.25. The Morgan fingerprint density at radius 3 is 2.81 bits per heavy atom. The van der Waals surface area contributed by atoms with E-state index in [1.807, 2.05) is 23.1 Å². The predicted octanol–water partition coefficient (Wildman–Crippen LogP) is 3.36. The molecule has 0 unspecified atom stereocenters. The van der Waals surface area contributed by atoms with Crippen molar-refractivity contribution in [2.45, 2.75) is 51.3 Å². The number of rotatable bonds is 4. The number of nitrogens with zero attached hydrogens (tertiary/aromatic N) is 1. The summed E-state index contributed by atoms with van der Waals surface area (Å²) in [5.74, 6) is 1.97. The molecular formula is C21H30N2O4. The topological polar surface area (TPSA) is 60.0 Å². The number of likely N-dealkylation sites (tertiary alicyclic amines) is 1. The molecule has 0 bridgehead atoms. The monoisotopic (exact) mass is 374 g/mol. The number of amides is 2. The van der Waals surface area contributed by atoms with Crippen molar-refractivity contribution in [3.05, 3.63) is 23.8 Å². The molecule has 2 aliphatic heterocycles. The zero-order valence-corrected chi connectivity index (χ0v) is 16.7. The first-order valence-corrected chi connectivity index (χ1v) is 9.88. The molecule has 0 spiro atoms. The van der Waals surface area contributed by atoms with E-state index in [4.69, 9.17) is 14.2 Å². The fraction of sp³-hybridized carbons (Fsp3) is 0.667. The maximum absolute atomic E-state index is 13.1. The number of hydrogen-bond acceptors (Lipinski definition) is 4. The van der Waals surface area contributed by atoms with Gasteiger partial charge in [-0.1, -0.05) is 13.8 Å². The van der Waals surface area contributed by atoms with Gasteiger partial charge in [0.15, 0.2) is 0 Å². The van der Waals surface area contributed by atoms with Gasteiger partial charge in [0.1, 0.15) is 11.5 Å². The molecule has 2 heterocycles. The Morgan fingerprint density at radius 1 is 1.26 bits per heavy atom. The third kappa shape index (κ3) is 2.94. The Morgan fingerprint density at radius 2 is 2.07 bits per heavy atom. The molecule has 6 nitrogen and oxygen atoms in total. The van der Waals surface area contributed by atoms with E-state index in [0.29, 0.717) is 5.92 Å². The van der Waals surface area contributed by atoms with Crippen molar-refractivity contribution in [1.29, 1.82) is 0 Å². The lowest BCUT2D eigenvalue weighted by Crippen LogP contribution is -2.67. The van der Waals surface area contributed by atoms with Gasteiger partial charge in [-0.25, -0.2) is 4.79 Å². The van der Waals surface area contributed by atoms with Crippen LogP contribution in [0.15, 0.2) is 18.2 Å². The lowest BCUT2D eigenvalue weighted by Gasteiger charge is -2.54. The van der Waals surface area contributed by atoms with Crippen LogP contribution < -0.4 is 14.8 Å². The predicted molar refractivity (Wildman–Crippen MR) is 102 cm³/mol. The van der Waals surface area contributed by atoms with Crippen LogP contribution in [0.1, 0.15) is 44.7 Å². The number of carbonyl (C=O) groups excluding carboxylic acids is 1. The first-order valence-electron chi connectivity index (χ1n) is 9.88. The van der Waals surface area contributed by atoms with Gasteiger partial charge < -0.3 is 24.4 Å². The zero-order valence-electron chi connectivity index (χ0n) is 16.7. The summed E-state index contributed by atoms with van der Waals surface area (Å²) >= 11 is 0. The molecule has 3 fully saturated rings. The van der Waals surface area contributed by atoms with Gasteiger partial charge in [-0.3, -0.25) is 0 Å². The molecule has 3 aliphatic rings. The highest BCUT2D eigenvalue weighted by molar-refractivity contribution is 5.76. The van der Waals surface area contributed by atoms with E-state index in [2.05, 4.69) is 19.2 Å². The molecule has 1 aromatic carbocycles. The van der Waals surface area contributed by atoms with E-state index in [9.17, 15) is 4.79 Å². The second kappa shape index (κ2) is 6.89. The van der Waals surface area contributed by atoms with Gasteiger partial charge in [-0.05, 0) is 31.4 Å². The molecule has 2 saturated heterocycles. The number of ether oxygens (including phenoxy) is 3. The highest BCUT2D eigenvalue weighted by Crippen LogP contribution is 2.52. The largest absolute Gasteiger partial charge is 0.497 e. The Balaban J connectivity index is 1.51. The van der Waals surface area contributed by atoms with Crippen molar-refractivity contribution < 1.29 is 19.0 Å². The molecule has 4 rings (SSSR count). The highest BCUT2D eigenvalue weighted by Gasteiger charge is 2.60. The number of nitrogens with one attached hydrogen (secondary N) is 1. The molecule has 6 heteroatoms. The van der Waals surface area contributed by atoms with Crippen molar-refractivity contribution in [2.75, 3.05) is 27.4 Å². The summed E-state index contributed by atoms with van der Waals surface area (Å²) in [6.45, 7) is 5.96. The van der Waals surface area contributed by atoms with Crippen LogP contribution in [0.2, 0.25) is 0 Å². The van der Waals surface area contributed by atoms with Gasteiger partial charge in [0.2, 0.25) is 0 Å². The first-order chi connectivity index (χ1) is 13.0. The Labute approximate surface area is 161 Å². The quantitative estimate of drug-likeness (QED) is 0.878. The van der Waals surface area contributed by atoms with E-state index in [1.54, 1.807) is 14.2 Å². The third-order valence-electron chi connectivity index (χ3n) is 6.69. The van der Waals surface area contributed by atoms with E-state index in [0.717, 1.165) is 49.5 Å². The maximum atomic E-state index is 13.1. The fourth-order valence-electron chi connectivity index (χ4n) is 5.26. The standard InChI is InChI=1S/C21H30N2O4/c1-21(2)18(15-9-11-27-19(15)21)22-20(24)23-10-5-6-16(23)14-8-7-13(25-3)12-17(14)26-4/h7-8,12,15-16,18-19H,5-6,9-11H2,1-4H3,(H,22,24)/t15-,16+,18-,19+/m1/s1. The minimum Gasteiger partial charge on any atom is -0.497 e. The number of hydrogen-bond donors (Lipinski definition) is 1. The van der Waals surface area contributed by atoms with Crippen molar-refractivity contribution in [2.24, 2.45) is 11.3 Å². The van der Waals surface area contributed by atoms with Crippen LogP contribution in [-0.4, -0.2) is 50.4 Å². The van der Waals surface area contributed by atoms with E-state index < -0.39 is 0 Å². The smallest absolute Gasteiger partial charge is 0.318 e. The normalized spacial score (nSPS) is 31.2. The number of methoxy groups -OCH3 is 2. The second-order valence-electron chi connectivity index (χ2n) is 8.45. The lowest BCUT2D eigenvalue weighted by atomic mass is 9.57. The zero-order chi connectivity index (χ0) is 19.2. The molecule has 2 amide bonds. The number of urea groups is 1. The molecule has 148 valence electrons. The Kier molecular flexibility index (Phi) is 4.70. The summed E-state index contributed by atoms with van der Waals surface area (Å²) in [5.41, 5.74) is 1.03. The molecule has 1 aromatic rings. The minimum absolute atomic E-state index is 0.0101. The molecule has 1 aliphatic carbocycles. The Hall–Kier alpha value is -1.95. The van der Waals surface area contributed by atoms with E-state index in [-0.39, 0.29) is 29.6 Å². The van der Waals surface area contributed by atoms with Crippen LogP contribution in [0.4, 0.5) is 4.79 Å². The fourth-order valence-corrected chi connectivity index (χ4v) is 5.26. The van der Waals surface area contributed by atoms with Crippen molar-refractivity contribution in [1.82, 2.24) is 10.2 Å². The highest BCUT2D eigenvalue weighted by atomic mass is 16.5. The molecule has 1 saturated carbocycles. The Bertz CT molecular complexity index is 720. The van der Waals surface area contributed by atoms with Crippen molar-refractivity contribution in [3.8, 4) is 11.5 Å². The molecule has 27 heavy (non-hydrogen) atoms.